The van der Waals surface area contributed by atoms with Crippen molar-refractivity contribution in [2.24, 2.45) is 0 Å². The van der Waals surface area contributed by atoms with Crippen LogP contribution in [0.2, 0.25) is 0 Å². The average Bonchev–Trinajstić information content (AvgIpc) is 3.13. The Hall–Kier alpha value is -1.30. The van der Waals surface area contributed by atoms with Crippen LogP contribution >= 0.6 is 0 Å². The van der Waals surface area contributed by atoms with Gasteiger partial charge in [-0.25, -0.2) is 0 Å². The number of esters is 2. The zero-order valence-electron chi connectivity index (χ0n) is 32.6. The quantitative estimate of drug-likeness (QED) is 0.0371. The van der Waals surface area contributed by atoms with E-state index in [1.807, 2.05) is 0 Å². The summed E-state index contributed by atoms with van der Waals surface area (Å²) in [6, 6.07) is 0. The van der Waals surface area contributed by atoms with Crippen LogP contribution < -0.4 is 0 Å². The molecular weight excluding hydrogens is 652 g/mol. The van der Waals surface area contributed by atoms with Crippen molar-refractivity contribution >= 4 is 11.9 Å². The molecular formula is C41H78O10. The van der Waals surface area contributed by atoms with Gasteiger partial charge in [-0.05, 0) is 12.8 Å². The van der Waals surface area contributed by atoms with Gasteiger partial charge in [0.2, 0.25) is 0 Å². The lowest BCUT2D eigenvalue weighted by Crippen LogP contribution is -2.59. The predicted molar refractivity (Wildman–Crippen MR) is 201 cm³/mol. The van der Waals surface area contributed by atoms with Gasteiger partial charge in [-0.2, -0.15) is 0 Å². The monoisotopic (exact) mass is 731 g/mol. The van der Waals surface area contributed by atoms with Gasteiger partial charge >= 0.3 is 11.9 Å². The predicted octanol–water partition coefficient (Wildman–Crippen LogP) is 8.22. The van der Waals surface area contributed by atoms with Crippen molar-refractivity contribution in [3.05, 3.63) is 0 Å². The molecule has 1 aliphatic rings. The highest BCUT2D eigenvalue weighted by Gasteiger charge is 2.44. The Kier molecular flexibility index (Phi) is 31.1. The smallest absolute Gasteiger partial charge is 0.306 e. The van der Waals surface area contributed by atoms with Gasteiger partial charge in [-0.15, -0.1) is 0 Å². The molecule has 0 saturated carbocycles. The molecule has 1 heterocycles. The Balaban J connectivity index is 2.31. The zero-order chi connectivity index (χ0) is 37.4. The molecule has 1 rings (SSSR count). The van der Waals surface area contributed by atoms with Crippen molar-refractivity contribution in [1.82, 2.24) is 0 Å². The third-order valence-electron chi connectivity index (χ3n) is 9.99. The molecule has 1 aliphatic heterocycles. The van der Waals surface area contributed by atoms with Crippen LogP contribution in [-0.2, 0) is 28.5 Å². The first-order chi connectivity index (χ1) is 24.8. The van der Waals surface area contributed by atoms with Crippen molar-refractivity contribution < 1.29 is 49.0 Å². The van der Waals surface area contributed by atoms with Gasteiger partial charge in [0.1, 0.15) is 31.0 Å². The summed E-state index contributed by atoms with van der Waals surface area (Å²) in [5.41, 5.74) is 0. The standard InChI is InChI=1S/C41H78O10/c1-3-5-7-9-11-13-14-15-16-17-18-19-20-22-24-26-28-30-37(44)50-34(33-49-41-40(47)39(46)38(45)35(31-42)51-41)32-48-36(43)29-27-25-23-21-12-10-8-6-4-2/h34-35,38-42,45-47H,3-33H2,1-2H3. The number of aliphatic hydroxyl groups excluding tert-OH is 4. The topological polar surface area (TPSA) is 152 Å². The average molecular weight is 731 g/mol. The van der Waals surface area contributed by atoms with Crippen molar-refractivity contribution in [1.29, 1.82) is 0 Å². The highest BCUT2D eigenvalue weighted by atomic mass is 16.7. The van der Waals surface area contributed by atoms with Gasteiger partial charge in [0.05, 0.1) is 13.2 Å². The number of hydrogen-bond acceptors (Lipinski definition) is 10. The summed E-state index contributed by atoms with van der Waals surface area (Å²) in [7, 11) is 0. The molecule has 0 amide bonds. The molecule has 10 nitrogen and oxygen atoms in total. The van der Waals surface area contributed by atoms with Crippen LogP contribution in [-0.4, -0.2) is 89.0 Å². The number of hydrogen-bond donors (Lipinski definition) is 4. The summed E-state index contributed by atoms with van der Waals surface area (Å²) in [6.07, 6.45) is 24.0. The van der Waals surface area contributed by atoms with Crippen LogP contribution in [0.4, 0.5) is 0 Å². The van der Waals surface area contributed by atoms with Gasteiger partial charge < -0.3 is 39.4 Å². The SMILES string of the molecule is CCCCCCCCCCCCCCCCCCCC(=O)OC(COC(=O)CCCCCCCCCCC)COC1OC(CO)C(O)C(O)C1O. The number of carbonyl (C=O) groups is 2. The summed E-state index contributed by atoms with van der Waals surface area (Å²) < 4.78 is 22.1. The van der Waals surface area contributed by atoms with E-state index in [1.54, 1.807) is 0 Å². The van der Waals surface area contributed by atoms with Gasteiger partial charge in [-0.3, -0.25) is 9.59 Å². The fourth-order valence-corrected chi connectivity index (χ4v) is 6.60. The second kappa shape index (κ2) is 33.3. The van der Waals surface area contributed by atoms with Gasteiger partial charge in [-0.1, -0.05) is 168 Å². The maximum atomic E-state index is 12.7. The first-order valence-electron chi connectivity index (χ1n) is 21.1. The van der Waals surface area contributed by atoms with E-state index in [4.69, 9.17) is 18.9 Å². The van der Waals surface area contributed by atoms with Crippen molar-refractivity contribution in [2.75, 3.05) is 19.8 Å². The summed E-state index contributed by atoms with van der Waals surface area (Å²) >= 11 is 0. The summed E-state index contributed by atoms with van der Waals surface area (Å²) in [5, 5.41) is 39.9. The molecule has 0 aromatic heterocycles. The highest BCUT2D eigenvalue weighted by Crippen LogP contribution is 2.23. The fourth-order valence-electron chi connectivity index (χ4n) is 6.60. The van der Waals surface area contributed by atoms with E-state index >= 15 is 0 Å². The number of carbonyl (C=O) groups excluding carboxylic acids is 2. The van der Waals surface area contributed by atoms with E-state index in [0.717, 1.165) is 38.5 Å². The molecule has 0 aromatic rings. The minimum Gasteiger partial charge on any atom is -0.462 e. The van der Waals surface area contributed by atoms with Gasteiger partial charge in [0, 0.05) is 12.8 Å². The molecule has 0 radical (unpaired) electrons. The maximum Gasteiger partial charge on any atom is 0.306 e. The van der Waals surface area contributed by atoms with Gasteiger partial charge in [0.15, 0.2) is 12.4 Å². The lowest BCUT2D eigenvalue weighted by molar-refractivity contribution is -0.305. The fraction of sp³-hybridized carbons (Fsp3) is 0.951. The number of unbranched alkanes of at least 4 members (excludes halogenated alkanes) is 24. The number of aliphatic hydroxyl groups is 4. The molecule has 6 atom stereocenters. The Morgan fingerprint density at radius 1 is 0.529 bits per heavy atom. The Morgan fingerprint density at radius 3 is 1.33 bits per heavy atom. The highest BCUT2D eigenvalue weighted by molar-refractivity contribution is 5.70. The van der Waals surface area contributed by atoms with Crippen LogP contribution in [0.25, 0.3) is 0 Å². The first kappa shape index (κ1) is 47.7. The van der Waals surface area contributed by atoms with Crippen molar-refractivity contribution in [2.45, 2.75) is 230 Å². The molecule has 1 saturated heterocycles. The maximum absolute atomic E-state index is 12.7. The van der Waals surface area contributed by atoms with Crippen LogP contribution in [0.5, 0.6) is 0 Å². The molecule has 0 aromatic carbocycles. The lowest BCUT2D eigenvalue weighted by atomic mass is 9.99. The van der Waals surface area contributed by atoms with Crippen LogP contribution in [0.3, 0.4) is 0 Å². The summed E-state index contributed by atoms with van der Waals surface area (Å²) in [6.45, 7) is 3.41. The molecule has 51 heavy (non-hydrogen) atoms. The Bertz CT molecular complexity index is 809. The molecule has 302 valence electrons. The molecule has 0 aliphatic carbocycles. The van der Waals surface area contributed by atoms with Crippen LogP contribution in [0.15, 0.2) is 0 Å². The lowest BCUT2D eigenvalue weighted by Gasteiger charge is -2.39. The van der Waals surface area contributed by atoms with E-state index in [2.05, 4.69) is 13.8 Å². The molecule has 1 fully saturated rings. The van der Waals surface area contributed by atoms with Crippen molar-refractivity contribution in [3.63, 3.8) is 0 Å². The minimum absolute atomic E-state index is 0.210. The Labute approximate surface area is 310 Å². The van der Waals surface area contributed by atoms with E-state index in [-0.39, 0.29) is 32.0 Å². The minimum atomic E-state index is -1.59. The summed E-state index contributed by atoms with van der Waals surface area (Å²) in [4.78, 5) is 25.2. The van der Waals surface area contributed by atoms with E-state index < -0.39 is 49.4 Å². The molecule has 10 heteroatoms. The Morgan fingerprint density at radius 2 is 0.922 bits per heavy atom. The molecule has 4 N–H and O–H groups in total. The summed E-state index contributed by atoms with van der Waals surface area (Å²) in [5.74, 6) is -0.798. The van der Waals surface area contributed by atoms with Crippen LogP contribution in [0.1, 0.15) is 194 Å². The normalized spacial score (nSPS) is 21.1. The van der Waals surface area contributed by atoms with E-state index in [1.165, 1.54) is 122 Å². The molecule has 0 bridgehead atoms. The zero-order valence-corrected chi connectivity index (χ0v) is 32.6. The van der Waals surface area contributed by atoms with Crippen LogP contribution in [0, 0.1) is 0 Å². The van der Waals surface area contributed by atoms with Crippen molar-refractivity contribution in [3.8, 4) is 0 Å². The first-order valence-corrected chi connectivity index (χ1v) is 21.1. The number of rotatable bonds is 35. The largest absolute Gasteiger partial charge is 0.462 e. The second-order valence-electron chi connectivity index (χ2n) is 14.8. The van der Waals surface area contributed by atoms with E-state index in [9.17, 15) is 30.0 Å². The molecule has 6 unspecified atom stereocenters. The third kappa shape index (κ3) is 25.4. The second-order valence-corrected chi connectivity index (χ2v) is 14.8. The third-order valence-corrected chi connectivity index (χ3v) is 9.99. The van der Waals surface area contributed by atoms with E-state index in [0.29, 0.717) is 6.42 Å². The number of ether oxygens (including phenoxy) is 4. The van der Waals surface area contributed by atoms with Gasteiger partial charge in [0.25, 0.3) is 0 Å². The molecule has 0 spiro atoms.